The number of nitro groups is 1. The first-order valence-electron chi connectivity index (χ1n) is 11.3. The summed E-state index contributed by atoms with van der Waals surface area (Å²) in [6, 6.07) is 14.2. The number of anilines is 1. The Morgan fingerprint density at radius 2 is 1.61 bits per heavy atom. The molecule has 0 saturated carbocycles. The molecular weight excluding hydrogens is 420 g/mol. The summed E-state index contributed by atoms with van der Waals surface area (Å²) in [5, 5.41) is 11.1. The van der Waals surface area contributed by atoms with Crippen molar-refractivity contribution in [3.8, 4) is 0 Å². The van der Waals surface area contributed by atoms with Gasteiger partial charge in [-0.05, 0) is 48.7 Å². The molecule has 0 atom stereocenters. The van der Waals surface area contributed by atoms with Crippen LogP contribution in [0.15, 0.2) is 54.2 Å². The van der Waals surface area contributed by atoms with Crippen molar-refractivity contribution in [1.29, 1.82) is 0 Å². The molecule has 0 aromatic heterocycles. The molecule has 2 aliphatic rings. The van der Waals surface area contributed by atoms with E-state index in [-0.39, 0.29) is 17.5 Å². The minimum atomic E-state index is -0.473. The summed E-state index contributed by atoms with van der Waals surface area (Å²) >= 11 is 0. The number of nitrogens with zero attached hydrogens (tertiary/aromatic N) is 4. The van der Waals surface area contributed by atoms with E-state index in [1.165, 1.54) is 22.6 Å². The molecule has 2 amide bonds. The maximum atomic E-state index is 13.4. The largest absolute Gasteiger partial charge is 0.368 e. The fourth-order valence-electron chi connectivity index (χ4n) is 4.40. The molecule has 1 fully saturated rings. The molecule has 0 spiro atoms. The average molecular weight is 449 g/mol. The molecule has 0 unspecified atom stereocenters. The highest BCUT2D eigenvalue weighted by Crippen LogP contribution is 2.33. The molecule has 4 rings (SSSR count). The van der Waals surface area contributed by atoms with E-state index < -0.39 is 4.92 Å². The lowest BCUT2D eigenvalue weighted by Gasteiger charge is -2.37. The number of imide groups is 1. The minimum absolute atomic E-state index is 0.0488. The Kier molecular flexibility index (Phi) is 6.44. The fourth-order valence-corrected chi connectivity index (χ4v) is 4.40. The molecule has 0 radical (unpaired) electrons. The normalized spacial score (nSPS) is 16.7. The first-order valence-corrected chi connectivity index (χ1v) is 11.3. The van der Waals surface area contributed by atoms with Gasteiger partial charge in [-0.1, -0.05) is 25.5 Å². The minimum Gasteiger partial charge on any atom is -0.368 e. The molecule has 2 heterocycles. The number of benzene rings is 2. The quantitative estimate of drug-likeness (QED) is 0.365. The topological polar surface area (TPSA) is 87.0 Å². The monoisotopic (exact) mass is 448 g/mol. The number of unbranched alkanes of at least 4 members (excludes halogenated alkanes) is 1. The number of aryl methyl sites for hydroxylation is 1. The molecule has 8 nitrogen and oxygen atoms in total. The number of rotatable bonds is 7. The summed E-state index contributed by atoms with van der Waals surface area (Å²) in [5.74, 6) is -0.593. The van der Waals surface area contributed by atoms with Gasteiger partial charge in [-0.25, -0.2) is 0 Å². The number of nitro benzene ring substituents is 1. The van der Waals surface area contributed by atoms with E-state index in [2.05, 4.69) is 30.0 Å². The van der Waals surface area contributed by atoms with E-state index in [1.807, 2.05) is 17.9 Å². The van der Waals surface area contributed by atoms with Crippen molar-refractivity contribution in [3.05, 3.63) is 75.5 Å². The van der Waals surface area contributed by atoms with Crippen LogP contribution in [0.5, 0.6) is 0 Å². The third-order valence-electron chi connectivity index (χ3n) is 6.21. The van der Waals surface area contributed by atoms with Crippen LogP contribution in [0.25, 0.3) is 5.57 Å². The summed E-state index contributed by atoms with van der Waals surface area (Å²) in [6.07, 6.45) is 1.61. The molecule has 8 heteroatoms. The lowest BCUT2D eigenvalue weighted by Crippen LogP contribution is -2.47. The Morgan fingerprint density at radius 3 is 2.21 bits per heavy atom. The van der Waals surface area contributed by atoms with Crippen molar-refractivity contribution in [2.45, 2.75) is 26.7 Å². The Morgan fingerprint density at radius 1 is 0.939 bits per heavy atom. The lowest BCUT2D eigenvalue weighted by atomic mass is 10.0. The number of amides is 2. The highest BCUT2D eigenvalue weighted by Gasteiger charge is 2.41. The van der Waals surface area contributed by atoms with Crippen molar-refractivity contribution in [2.75, 3.05) is 37.6 Å². The van der Waals surface area contributed by atoms with Gasteiger partial charge in [-0.2, -0.15) is 0 Å². The zero-order valence-corrected chi connectivity index (χ0v) is 19.0. The maximum Gasteiger partial charge on any atom is 0.277 e. The van der Waals surface area contributed by atoms with E-state index in [4.69, 9.17) is 0 Å². The van der Waals surface area contributed by atoms with E-state index in [0.29, 0.717) is 36.5 Å². The summed E-state index contributed by atoms with van der Waals surface area (Å²) in [4.78, 5) is 42.8. The summed E-state index contributed by atoms with van der Waals surface area (Å²) < 4.78 is 0. The molecule has 2 aromatic carbocycles. The summed E-state index contributed by atoms with van der Waals surface area (Å²) in [7, 11) is 0. The SMILES string of the molecule is CCCCN1C(=O)C(c2ccc([N+](=O)[O-])cc2)=C(N2CCN(c3cccc(C)c3)CC2)C1=O. The number of carbonyl (C=O) groups excluding carboxylic acids is 2. The Labute approximate surface area is 193 Å². The molecule has 172 valence electrons. The number of non-ortho nitro benzene ring substituents is 1. The standard InChI is InChI=1S/C25H28N4O4/c1-3-4-12-28-24(30)22(19-8-10-20(11-9-19)29(32)33)23(25(28)31)27-15-13-26(14-16-27)21-7-5-6-18(2)17-21/h5-11,17H,3-4,12-16H2,1-2H3. The van der Waals surface area contributed by atoms with Crippen molar-refractivity contribution in [1.82, 2.24) is 9.80 Å². The Balaban J connectivity index is 1.63. The third kappa shape index (κ3) is 4.46. The predicted molar refractivity (Wildman–Crippen MR) is 127 cm³/mol. The predicted octanol–water partition coefficient (Wildman–Crippen LogP) is 3.61. The Hall–Kier alpha value is -3.68. The van der Waals surface area contributed by atoms with Gasteiger partial charge in [0, 0.05) is 50.5 Å². The highest BCUT2D eigenvalue weighted by molar-refractivity contribution is 6.35. The van der Waals surface area contributed by atoms with Crippen molar-refractivity contribution in [2.24, 2.45) is 0 Å². The number of hydrogen-bond acceptors (Lipinski definition) is 6. The highest BCUT2D eigenvalue weighted by atomic mass is 16.6. The molecule has 33 heavy (non-hydrogen) atoms. The van der Waals surface area contributed by atoms with Gasteiger partial charge in [0.2, 0.25) is 0 Å². The first kappa shape index (κ1) is 22.5. The van der Waals surface area contributed by atoms with Gasteiger partial charge in [-0.3, -0.25) is 24.6 Å². The van der Waals surface area contributed by atoms with Crippen LogP contribution >= 0.6 is 0 Å². The smallest absolute Gasteiger partial charge is 0.277 e. The van der Waals surface area contributed by atoms with Gasteiger partial charge >= 0.3 is 0 Å². The number of carbonyl (C=O) groups is 2. The second-order valence-electron chi connectivity index (χ2n) is 8.46. The maximum absolute atomic E-state index is 13.4. The number of piperazine rings is 1. The fraction of sp³-hybridized carbons (Fsp3) is 0.360. The second-order valence-corrected chi connectivity index (χ2v) is 8.46. The third-order valence-corrected chi connectivity index (χ3v) is 6.21. The van der Waals surface area contributed by atoms with Crippen LogP contribution in [-0.2, 0) is 9.59 Å². The molecule has 2 aliphatic heterocycles. The van der Waals surface area contributed by atoms with Crippen LogP contribution in [0.3, 0.4) is 0 Å². The van der Waals surface area contributed by atoms with Crippen LogP contribution < -0.4 is 4.90 Å². The van der Waals surface area contributed by atoms with Gasteiger partial charge in [-0.15, -0.1) is 0 Å². The van der Waals surface area contributed by atoms with Gasteiger partial charge in [0.1, 0.15) is 5.70 Å². The lowest BCUT2D eigenvalue weighted by molar-refractivity contribution is -0.384. The van der Waals surface area contributed by atoms with E-state index in [9.17, 15) is 19.7 Å². The first-order chi connectivity index (χ1) is 15.9. The molecule has 1 saturated heterocycles. The van der Waals surface area contributed by atoms with Gasteiger partial charge < -0.3 is 9.80 Å². The van der Waals surface area contributed by atoms with Crippen LogP contribution in [-0.4, -0.2) is 59.3 Å². The second kappa shape index (κ2) is 9.44. The molecular formula is C25H28N4O4. The van der Waals surface area contributed by atoms with Gasteiger partial charge in [0.25, 0.3) is 17.5 Å². The molecule has 2 aromatic rings. The van der Waals surface area contributed by atoms with E-state index in [1.54, 1.807) is 12.1 Å². The number of hydrogen-bond donors (Lipinski definition) is 0. The zero-order valence-electron chi connectivity index (χ0n) is 19.0. The van der Waals surface area contributed by atoms with Crippen LogP contribution in [0.4, 0.5) is 11.4 Å². The van der Waals surface area contributed by atoms with Crippen molar-refractivity contribution < 1.29 is 14.5 Å². The molecule has 0 N–H and O–H groups in total. The van der Waals surface area contributed by atoms with Gasteiger partial charge in [0.15, 0.2) is 0 Å². The van der Waals surface area contributed by atoms with Crippen molar-refractivity contribution >= 4 is 28.8 Å². The average Bonchev–Trinajstić information content (AvgIpc) is 3.07. The van der Waals surface area contributed by atoms with Crippen LogP contribution in [0.1, 0.15) is 30.9 Å². The zero-order chi connectivity index (χ0) is 23.5. The van der Waals surface area contributed by atoms with E-state index in [0.717, 1.165) is 31.6 Å². The molecule has 0 aliphatic carbocycles. The molecule has 0 bridgehead atoms. The Bertz CT molecular complexity index is 1100. The van der Waals surface area contributed by atoms with E-state index >= 15 is 0 Å². The summed E-state index contributed by atoms with van der Waals surface area (Å²) in [5.41, 5.74) is 3.59. The van der Waals surface area contributed by atoms with Crippen LogP contribution in [0, 0.1) is 17.0 Å². The van der Waals surface area contributed by atoms with Crippen LogP contribution in [0.2, 0.25) is 0 Å². The van der Waals surface area contributed by atoms with Gasteiger partial charge in [0.05, 0.1) is 10.5 Å². The summed E-state index contributed by atoms with van der Waals surface area (Å²) in [6.45, 7) is 7.14. The van der Waals surface area contributed by atoms with Crippen molar-refractivity contribution in [3.63, 3.8) is 0 Å².